The van der Waals surface area contributed by atoms with Crippen LogP contribution < -0.4 is 10.3 Å². The number of aromatic amines is 1. The smallest absolute Gasteiger partial charge is 0.228 e. The van der Waals surface area contributed by atoms with Gasteiger partial charge in [0, 0.05) is 56.1 Å². The maximum Gasteiger partial charge on any atom is 0.228 e. The van der Waals surface area contributed by atoms with Gasteiger partial charge in [-0.15, -0.1) is 0 Å². The van der Waals surface area contributed by atoms with Gasteiger partial charge in [-0.25, -0.2) is 4.98 Å². The van der Waals surface area contributed by atoms with Gasteiger partial charge in [-0.3, -0.25) is 4.79 Å². The summed E-state index contributed by atoms with van der Waals surface area (Å²) in [4.78, 5) is 20.6. The van der Waals surface area contributed by atoms with Gasteiger partial charge in [-0.05, 0) is 74.5 Å². The minimum atomic E-state index is -0.0567. The van der Waals surface area contributed by atoms with Crippen LogP contribution in [0.2, 0.25) is 0 Å². The Kier molecular flexibility index (Phi) is 6.66. The Morgan fingerprint density at radius 2 is 1.86 bits per heavy atom. The first-order chi connectivity index (χ1) is 17.6. The van der Waals surface area contributed by atoms with Crippen molar-refractivity contribution in [2.75, 3.05) is 19.6 Å². The molecule has 2 saturated heterocycles. The quantitative estimate of drug-likeness (QED) is 0.643. The summed E-state index contributed by atoms with van der Waals surface area (Å²) >= 11 is 0. The number of rotatable bonds is 3. The van der Waals surface area contributed by atoms with Crippen LogP contribution in [0.25, 0.3) is 0 Å². The van der Waals surface area contributed by atoms with E-state index in [9.17, 15) is 4.79 Å². The van der Waals surface area contributed by atoms with E-state index in [0.29, 0.717) is 23.8 Å². The summed E-state index contributed by atoms with van der Waals surface area (Å²) in [5.41, 5.74) is 6.86. The average Bonchev–Trinajstić information content (AvgIpc) is 3.32. The summed E-state index contributed by atoms with van der Waals surface area (Å²) in [5.74, 6) is 1.72. The van der Waals surface area contributed by atoms with E-state index in [0.717, 1.165) is 45.3 Å². The maximum atomic E-state index is 14.6. The van der Waals surface area contributed by atoms with Crippen molar-refractivity contribution in [2.24, 2.45) is 11.8 Å². The predicted molar refractivity (Wildman–Crippen MR) is 144 cm³/mol. The van der Waals surface area contributed by atoms with Crippen LogP contribution in [0.5, 0.6) is 0 Å². The van der Waals surface area contributed by atoms with E-state index in [1.54, 1.807) is 0 Å². The highest BCUT2D eigenvalue weighted by molar-refractivity contribution is 5.82. The molecule has 0 unspecified atom stereocenters. The number of amides is 1. The summed E-state index contributed by atoms with van der Waals surface area (Å²) in [5, 5.41) is 3.68. The number of nitrogens with zero attached hydrogens (tertiary/aromatic N) is 1. The van der Waals surface area contributed by atoms with Gasteiger partial charge >= 0.3 is 0 Å². The van der Waals surface area contributed by atoms with E-state index < -0.39 is 0 Å². The summed E-state index contributed by atoms with van der Waals surface area (Å²) in [6.45, 7) is 7.07. The van der Waals surface area contributed by atoms with Crippen LogP contribution >= 0.6 is 0 Å². The number of hydrogen-bond acceptors (Lipinski definition) is 2. The molecular weight excluding hydrogens is 442 g/mol. The summed E-state index contributed by atoms with van der Waals surface area (Å²) in [6, 6.07) is 13.9. The molecule has 3 heterocycles. The molecule has 1 amide bonds. The second kappa shape index (κ2) is 9.93. The third-order valence-electron chi connectivity index (χ3n) is 10.3. The molecule has 4 nitrogen and oxygen atoms in total. The van der Waals surface area contributed by atoms with Gasteiger partial charge in [-0.2, -0.15) is 0 Å². The van der Waals surface area contributed by atoms with Crippen molar-refractivity contribution in [1.29, 1.82) is 0 Å². The normalized spacial score (nSPS) is 30.9. The molecule has 2 aliphatic heterocycles. The second-order valence-corrected chi connectivity index (χ2v) is 12.3. The molecule has 0 bridgehead atoms. The van der Waals surface area contributed by atoms with Crippen molar-refractivity contribution < 1.29 is 9.78 Å². The Labute approximate surface area is 217 Å². The maximum absolute atomic E-state index is 14.6. The molecule has 192 valence electrons. The minimum Gasteiger partial charge on any atom is -0.339 e. The number of carbonyl (C=O) groups is 1. The third kappa shape index (κ3) is 4.20. The van der Waals surface area contributed by atoms with E-state index in [1.807, 2.05) is 0 Å². The molecule has 2 aromatic rings. The summed E-state index contributed by atoms with van der Waals surface area (Å²) < 4.78 is 0. The van der Waals surface area contributed by atoms with Crippen LogP contribution in [-0.2, 0) is 16.6 Å². The zero-order chi connectivity index (χ0) is 24.7. The third-order valence-corrected chi connectivity index (χ3v) is 10.3. The van der Waals surface area contributed by atoms with Gasteiger partial charge in [0.1, 0.15) is 0 Å². The monoisotopic (exact) mass is 486 g/mol. The number of carbonyl (C=O) groups excluding carboxylic acids is 1. The first-order valence-corrected chi connectivity index (χ1v) is 14.7. The Bertz CT molecular complexity index is 1110. The molecule has 3 fully saturated rings. The molecule has 4 atom stereocenters. The molecule has 1 aromatic carbocycles. The number of aryl methyl sites for hydroxylation is 3. The Hall–Kier alpha value is -2.20. The van der Waals surface area contributed by atoms with Crippen molar-refractivity contribution in [2.45, 2.75) is 95.4 Å². The van der Waals surface area contributed by atoms with Crippen molar-refractivity contribution in [3.05, 3.63) is 64.5 Å². The van der Waals surface area contributed by atoms with Crippen molar-refractivity contribution in [1.82, 2.24) is 10.2 Å². The number of likely N-dealkylation sites (tertiary alicyclic amines) is 1. The molecule has 36 heavy (non-hydrogen) atoms. The number of fused-ring (bicyclic) bond motifs is 2. The van der Waals surface area contributed by atoms with Gasteiger partial charge in [0.15, 0.2) is 11.4 Å². The van der Waals surface area contributed by atoms with Crippen LogP contribution in [0.3, 0.4) is 0 Å². The van der Waals surface area contributed by atoms with E-state index in [2.05, 4.69) is 65.4 Å². The molecule has 1 spiro atoms. The highest BCUT2D eigenvalue weighted by atomic mass is 16.2. The number of piperidine rings is 1. The number of aromatic nitrogens is 1. The highest BCUT2D eigenvalue weighted by Crippen LogP contribution is 2.47. The van der Waals surface area contributed by atoms with Crippen LogP contribution in [0.15, 0.2) is 36.4 Å². The lowest BCUT2D eigenvalue weighted by Crippen LogP contribution is -2.55. The molecule has 6 rings (SSSR count). The lowest BCUT2D eigenvalue weighted by atomic mass is 9.64. The molecule has 2 aliphatic carbocycles. The second-order valence-electron chi connectivity index (χ2n) is 12.3. The van der Waals surface area contributed by atoms with E-state index in [1.165, 1.54) is 66.6 Å². The zero-order valence-electron chi connectivity index (χ0n) is 22.3. The average molecular weight is 487 g/mol. The highest BCUT2D eigenvalue weighted by Gasteiger charge is 2.53. The standard InChI is InChI=1S/C32H43N3O/c1-22-9-6-7-12-26(22)25-16-18-35(30(19-25)24-10-4-3-5-11-24)31(36)28-20-33-21-32(28)17-8-13-29-27(32)15-14-23(2)34-29/h6-7,9,12,14-15,24-25,28,30,33H,3-5,8,10-11,13,16-21H2,1-2H3/p+1/t25-,28+,30+,32+/m1/s1. The molecule has 4 heteroatoms. The van der Waals surface area contributed by atoms with Crippen LogP contribution in [0, 0.1) is 25.7 Å². The van der Waals surface area contributed by atoms with Gasteiger partial charge in [0.25, 0.3) is 0 Å². The number of benzene rings is 1. The molecule has 4 aliphatic rings. The number of pyridine rings is 1. The molecule has 1 aromatic heterocycles. The predicted octanol–water partition coefficient (Wildman–Crippen LogP) is 5.27. The number of nitrogens with one attached hydrogen (secondary N) is 2. The topological polar surface area (TPSA) is 46.5 Å². The number of H-pyrrole nitrogens is 1. The van der Waals surface area contributed by atoms with Crippen molar-refractivity contribution in [3.8, 4) is 0 Å². The van der Waals surface area contributed by atoms with Crippen molar-refractivity contribution in [3.63, 3.8) is 0 Å². The number of hydrogen-bond donors (Lipinski definition) is 1. The SMILES string of the molecule is Cc1ccc2c([nH+]1)CCC[C@]21CNC[C@H]1C(=O)N1CC[C@@H](c2ccccc2C)C[C@H]1C1CCCCC1. The Balaban J connectivity index is 1.31. The largest absolute Gasteiger partial charge is 0.339 e. The summed E-state index contributed by atoms with van der Waals surface area (Å²) in [6.07, 6.45) is 12.2. The van der Waals surface area contributed by atoms with E-state index in [4.69, 9.17) is 0 Å². The molecule has 2 N–H and O–H groups in total. The Morgan fingerprint density at radius 3 is 2.69 bits per heavy atom. The van der Waals surface area contributed by atoms with E-state index >= 15 is 0 Å². The lowest BCUT2D eigenvalue weighted by Gasteiger charge is -2.47. The Morgan fingerprint density at radius 1 is 1.03 bits per heavy atom. The first kappa shape index (κ1) is 24.2. The van der Waals surface area contributed by atoms with Gasteiger partial charge < -0.3 is 10.2 Å². The molecular formula is C32H44N3O+. The zero-order valence-corrected chi connectivity index (χ0v) is 22.3. The fraction of sp³-hybridized carbons (Fsp3) is 0.625. The van der Waals surface area contributed by atoms with Crippen LogP contribution in [-0.4, -0.2) is 36.5 Å². The van der Waals surface area contributed by atoms with E-state index in [-0.39, 0.29) is 11.3 Å². The fourth-order valence-electron chi connectivity index (χ4n) is 8.43. The molecule has 1 saturated carbocycles. The summed E-state index contributed by atoms with van der Waals surface area (Å²) in [7, 11) is 0. The van der Waals surface area contributed by atoms with Crippen molar-refractivity contribution >= 4 is 5.91 Å². The van der Waals surface area contributed by atoms with Crippen LogP contribution in [0.4, 0.5) is 0 Å². The molecule has 0 radical (unpaired) electrons. The van der Waals surface area contributed by atoms with Crippen LogP contribution in [0.1, 0.15) is 91.8 Å². The van der Waals surface area contributed by atoms with Gasteiger partial charge in [0.05, 0.1) is 5.92 Å². The van der Waals surface area contributed by atoms with Gasteiger partial charge in [-0.1, -0.05) is 43.5 Å². The minimum absolute atomic E-state index is 0.0498. The van der Waals surface area contributed by atoms with Gasteiger partial charge in [0.2, 0.25) is 5.91 Å². The first-order valence-electron chi connectivity index (χ1n) is 14.7. The fourth-order valence-corrected chi connectivity index (χ4v) is 8.43. The lowest BCUT2D eigenvalue weighted by molar-refractivity contribution is -0.401.